The fourth-order valence-electron chi connectivity index (χ4n) is 2.40. The molecule has 152 valence electrons. The van der Waals surface area contributed by atoms with Crippen LogP contribution in [0.2, 0.25) is 0 Å². The Bertz CT molecular complexity index is 1070. The molecule has 3 rings (SSSR count). The molecule has 0 aliphatic heterocycles. The van der Waals surface area contributed by atoms with Crippen molar-refractivity contribution in [2.24, 2.45) is 0 Å². The maximum atomic E-state index is 12.1. The van der Waals surface area contributed by atoms with Crippen LogP contribution in [0.1, 0.15) is 16.9 Å². The third kappa shape index (κ3) is 4.90. The Hall–Kier alpha value is -3.86. The molecule has 0 saturated carbocycles. The number of nitrogens with zero attached hydrogens (tertiary/aromatic N) is 2. The van der Waals surface area contributed by atoms with E-state index in [2.05, 4.69) is 15.3 Å². The summed E-state index contributed by atoms with van der Waals surface area (Å²) >= 11 is 0. The Morgan fingerprint density at radius 1 is 1.10 bits per heavy atom. The molecule has 3 aromatic rings. The van der Waals surface area contributed by atoms with E-state index in [1.54, 1.807) is 24.3 Å². The van der Waals surface area contributed by atoms with Gasteiger partial charge in [0.05, 0.1) is 30.7 Å². The minimum Gasteiger partial charge on any atom is -0.492 e. The maximum absolute atomic E-state index is 12.1. The van der Waals surface area contributed by atoms with Crippen molar-refractivity contribution in [2.45, 2.75) is 6.42 Å². The first-order chi connectivity index (χ1) is 14.0. The van der Waals surface area contributed by atoms with E-state index in [9.17, 15) is 24.6 Å². The van der Waals surface area contributed by atoms with Crippen molar-refractivity contribution in [2.75, 3.05) is 19.8 Å². The topological polar surface area (TPSA) is 156 Å². The number of carbonyl (C=O) groups excluding carboxylic acids is 2. The van der Waals surface area contributed by atoms with Crippen molar-refractivity contribution in [3.63, 3.8) is 0 Å². The Labute approximate surface area is 163 Å². The van der Waals surface area contributed by atoms with Crippen molar-refractivity contribution in [3.8, 4) is 11.8 Å². The largest absolute Gasteiger partial charge is 0.492 e. The molecule has 0 radical (unpaired) electrons. The average Bonchev–Trinajstić information content (AvgIpc) is 3.01. The van der Waals surface area contributed by atoms with Crippen molar-refractivity contribution in [1.82, 2.24) is 20.0 Å². The Balaban J connectivity index is 1.39. The number of aromatic amines is 1. The van der Waals surface area contributed by atoms with Crippen LogP contribution in [0, 0.1) is 0 Å². The fourth-order valence-corrected chi connectivity index (χ4v) is 2.40. The Morgan fingerprint density at radius 2 is 1.83 bits per heavy atom. The first-order valence-corrected chi connectivity index (χ1v) is 8.61. The number of ether oxygens (including phenoxy) is 1. The molecule has 4 N–H and O–H groups in total. The van der Waals surface area contributed by atoms with E-state index in [1.165, 1.54) is 0 Å². The van der Waals surface area contributed by atoms with Crippen LogP contribution in [0.15, 0.2) is 41.2 Å². The minimum absolute atomic E-state index is 0.00763. The molecular formula is C18H18N4O7. The summed E-state index contributed by atoms with van der Waals surface area (Å²) in [5.41, 5.74) is 0.178. The summed E-state index contributed by atoms with van der Waals surface area (Å²) in [6.07, 6.45) is -0.142. The molecule has 0 bridgehead atoms. The summed E-state index contributed by atoms with van der Waals surface area (Å²) in [7, 11) is 0. The normalized spacial score (nSPS) is 10.8. The van der Waals surface area contributed by atoms with Gasteiger partial charge in [-0.3, -0.25) is 9.59 Å². The number of hydrogen-bond donors (Lipinski definition) is 4. The third-order valence-corrected chi connectivity index (χ3v) is 3.79. The second-order valence-corrected chi connectivity index (χ2v) is 5.86. The molecule has 0 spiro atoms. The van der Waals surface area contributed by atoms with Gasteiger partial charge in [0.2, 0.25) is 11.8 Å². The number of nitrogens with one attached hydrogen (secondary N) is 2. The molecule has 0 aliphatic rings. The standard InChI is InChI=1S/C18H18N4O7/c23-13-5-6-14(24)22(13)29-15(25)7-9-28-10-8-19-17(26)16-18(27)21-12-4-2-1-3-11(12)20-16/h1-6,23-24H,7-10H2,(H,19,26)(H,21,27). The number of rotatable bonds is 8. The van der Waals surface area contributed by atoms with Crippen LogP contribution >= 0.6 is 0 Å². The molecule has 2 aromatic heterocycles. The van der Waals surface area contributed by atoms with E-state index >= 15 is 0 Å². The minimum atomic E-state index is -0.734. The van der Waals surface area contributed by atoms with Crippen LogP contribution in [0.3, 0.4) is 0 Å². The number of hydrogen-bond acceptors (Lipinski definition) is 8. The predicted molar refractivity (Wildman–Crippen MR) is 99.5 cm³/mol. The van der Waals surface area contributed by atoms with Gasteiger partial charge in [0.25, 0.3) is 11.5 Å². The highest BCUT2D eigenvalue weighted by Gasteiger charge is 2.14. The first-order valence-electron chi connectivity index (χ1n) is 8.61. The molecule has 0 atom stereocenters. The number of H-pyrrole nitrogens is 1. The van der Waals surface area contributed by atoms with Crippen molar-refractivity contribution < 1.29 is 29.4 Å². The number of benzene rings is 1. The van der Waals surface area contributed by atoms with Gasteiger partial charge in [-0.15, -0.1) is 4.73 Å². The average molecular weight is 402 g/mol. The second kappa shape index (κ2) is 8.89. The number of para-hydroxylation sites is 2. The highest BCUT2D eigenvalue weighted by Crippen LogP contribution is 2.18. The van der Waals surface area contributed by atoms with Crippen LogP contribution in [-0.2, 0) is 9.53 Å². The maximum Gasteiger partial charge on any atom is 0.335 e. The zero-order valence-electron chi connectivity index (χ0n) is 15.1. The fraction of sp³-hybridized carbons (Fsp3) is 0.222. The van der Waals surface area contributed by atoms with Gasteiger partial charge in [-0.25, -0.2) is 9.78 Å². The quantitative estimate of drug-likeness (QED) is 0.382. The summed E-state index contributed by atoms with van der Waals surface area (Å²) in [5.74, 6) is -2.21. The monoisotopic (exact) mass is 402 g/mol. The molecule has 0 fully saturated rings. The summed E-state index contributed by atoms with van der Waals surface area (Å²) in [6.45, 7) is 0.178. The highest BCUT2D eigenvalue weighted by molar-refractivity contribution is 5.93. The molecule has 0 aliphatic carbocycles. The van der Waals surface area contributed by atoms with E-state index in [0.717, 1.165) is 12.1 Å². The van der Waals surface area contributed by atoms with Gasteiger partial charge in [-0.1, -0.05) is 12.1 Å². The van der Waals surface area contributed by atoms with Gasteiger partial charge in [-0.2, -0.15) is 0 Å². The van der Waals surface area contributed by atoms with Crippen LogP contribution in [-0.4, -0.2) is 56.5 Å². The number of carbonyl (C=O) groups is 2. The lowest BCUT2D eigenvalue weighted by molar-refractivity contribution is -0.146. The second-order valence-electron chi connectivity index (χ2n) is 5.86. The molecule has 1 aromatic carbocycles. The molecular weight excluding hydrogens is 384 g/mol. The smallest absolute Gasteiger partial charge is 0.335 e. The van der Waals surface area contributed by atoms with Gasteiger partial charge in [0.1, 0.15) is 0 Å². The van der Waals surface area contributed by atoms with E-state index < -0.39 is 29.2 Å². The molecule has 2 heterocycles. The first kappa shape index (κ1) is 19.9. The molecule has 1 amide bonds. The zero-order chi connectivity index (χ0) is 20.8. The van der Waals surface area contributed by atoms with E-state index in [0.29, 0.717) is 15.8 Å². The molecule has 0 saturated heterocycles. The highest BCUT2D eigenvalue weighted by atomic mass is 16.7. The summed E-state index contributed by atoms with van der Waals surface area (Å²) in [6, 6.07) is 9.18. The van der Waals surface area contributed by atoms with Gasteiger partial charge in [0, 0.05) is 18.7 Å². The molecule has 11 heteroatoms. The summed E-state index contributed by atoms with van der Waals surface area (Å²) in [4.78, 5) is 47.1. The van der Waals surface area contributed by atoms with Crippen LogP contribution in [0.25, 0.3) is 11.0 Å². The van der Waals surface area contributed by atoms with Crippen molar-refractivity contribution >= 4 is 22.9 Å². The lowest BCUT2D eigenvalue weighted by Gasteiger charge is -2.08. The molecule has 29 heavy (non-hydrogen) atoms. The lowest BCUT2D eigenvalue weighted by atomic mass is 10.3. The van der Waals surface area contributed by atoms with E-state index in [-0.39, 0.29) is 31.9 Å². The van der Waals surface area contributed by atoms with Crippen molar-refractivity contribution in [3.05, 3.63) is 52.4 Å². The molecule has 0 unspecified atom stereocenters. The number of aromatic hydroxyl groups is 2. The zero-order valence-corrected chi connectivity index (χ0v) is 15.1. The van der Waals surface area contributed by atoms with Gasteiger partial charge in [0.15, 0.2) is 5.69 Å². The number of aromatic nitrogens is 3. The van der Waals surface area contributed by atoms with Gasteiger partial charge >= 0.3 is 5.97 Å². The number of fused-ring (bicyclic) bond motifs is 1. The van der Waals surface area contributed by atoms with E-state index in [1.807, 2.05) is 0 Å². The number of amides is 1. The van der Waals surface area contributed by atoms with Crippen LogP contribution in [0.5, 0.6) is 11.8 Å². The molecule has 11 nitrogen and oxygen atoms in total. The van der Waals surface area contributed by atoms with Crippen LogP contribution < -0.4 is 15.7 Å². The SMILES string of the molecule is O=C(CCOCCNC(=O)c1nc2ccccc2[nH]c1=O)On1c(O)ccc1O. The Morgan fingerprint density at radius 3 is 2.59 bits per heavy atom. The van der Waals surface area contributed by atoms with Crippen LogP contribution in [0.4, 0.5) is 0 Å². The van der Waals surface area contributed by atoms with Gasteiger partial charge in [-0.05, 0) is 12.1 Å². The van der Waals surface area contributed by atoms with Crippen molar-refractivity contribution in [1.29, 1.82) is 0 Å². The third-order valence-electron chi connectivity index (χ3n) is 3.79. The summed E-state index contributed by atoms with van der Waals surface area (Å²) < 4.78 is 5.79. The summed E-state index contributed by atoms with van der Waals surface area (Å²) in [5, 5.41) is 21.3. The van der Waals surface area contributed by atoms with Gasteiger partial charge < -0.3 is 30.1 Å². The lowest BCUT2D eigenvalue weighted by Crippen LogP contribution is -2.33. The predicted octanol–water partition coefficient (Wildman–Crippen LogP) is -0.0723. The van der Waals surface area contributed by atoms with E-state index in [4.69, 9.17) is 9.57 Å². The Kier molecular flexibility index (Phi) is 6.09.